The maximum absolute atomic E-state index is 12.9. The van der Waals surface area contributed by atoms with Crippen LogP contribution < -0.4 is 5.32 Å². The number of aryl methyl sites for hydroxylation is 2. The standard InChI is InChI=1S/C28H34FN3O2/c1-6-30-28(33)26-25(21-7-8-22-16-32(12-10-29)11-9-20(22)14-21)27(34-31-26)24-15-23(17(2)3)18(4)13-19(24)5/h7-8,13-15,17H,6,9-12,16H2,1-5H3,(H,30,33). The predicted molar refractivity (Wildman–Crippen MR) is 134 cm³/mol. The van der Waals surface area contributed by atoms with Crippen LogP contribution in [0.4, 0.5) is 4.39 Å². The highest BCUT2D eigenvalue weighted by molar-refractivity contribution is 6.02. The highest BCUT2D eigenvalue weighted by atomic mass is 19.1. The summed E-state index contributed by atoms with van der Waals surface area (Å²) in [6, 6.07) is 10.6. The zero-order chi connectivity index (χ0) is 24.4. The number of carbonyl (C=O) groups is 1. The minimum absolute atomic E-state index is 0.242. The van der Waals surface area contributed by atoms with Gasteiger partial charge in [0.25, 0.3) is 5.91 Å². The van der Waals surface area contributed by atoms with Crippen molar-refractivity contribution in [1.82, 2.24) is 15.4 Å². The minimum Gasteiger partial charge on any atom is -0.355 e. The van der Waals surface area contributed by atoms with E-state index in [1.807, 2.05) is 13.0 Å². The third kappa shape index (κ3) is 4.64. The summed E-state index contributed by atoms with van der Waals surface area (Å²) in [6.45, 7) is 12.7. The number of nitrogens with one attached hydrogen (secondary N) is 1. The number of halogens is 1. The fourth-order valence-corrected chi connectivity index (χ4v) is 4.95. The van der Waals surface area contributed by atoms with E-state index >= 15 is 0 Å². The summed E-state index contributed by atoms with van der Waals surface area (Å²) >= 11 is 0. The number of nitrogens with zero attached hydrogens (tertiary/aromatic N) is 2. The van der Waals surface area contributed by atoms with Crippen molar-refractivity contribution in [1.29, 1.82) is 0 Å². The van der Waals surface area contributed by atoms with E-state index in [0.717, 1.165) is 41.8 Å². The Hall–Kier alpha value is -2.99. The van der Waals surface area contributed by atoms with Crippen molar-refractivity contribution >= 4 is 5.91 Å². The Morgan fingerprint density at radius 2 is 1.97 bits per heavy atom. The van der Waals surface area contributed by atoms with Crippen LogP contribution in [0.2, 0.25) is 0 Å². The first-order valence-corrected chi connectivity index (χ1v) is 12.1. The fourth-order valence-electron chi connectivity index (χ4n) is 4.95. The molecule has 34 heavy (non-hydrogen) atoms. The highest BCUT2D eigenvalue weighted by Gasteiger charge is 2.27. The van der Waals surface area contributed by atoms with Crippen molar-refractivity contribution < 1.29 is 13.7 Å². The number of carbonyl (C=O) groups excluding carboxylic acids is 1. The van der Waals surface area contributed by atoms with Gasteiger partial charge in [-0.25, -0.2) is 4.39 Å². The first-order valence-electron chi connectivity index (χ1n) is 12.1. The summed E-state index contributed by atoms with van der Waals surface area (Å²) in [6.07, 6.45) is 0.849. The summed E-state index contributed by atoms with van der Waals surface area (Å²) in [4.78, 5) is 15.1. The second-order valence-electron chi connectivity index (χ2n) is 9.47. The molecule has 0 radical (unpaired) electrons. The van der Waals surface area contributed by atoms with E-state index in [0.29, 0.717) is 30.5 Å². The molecule has 0 atom stereocenters. The molecule has 0 unspecified atom stereocenters. The number of amides is 1. The third-order valence-corrected chi connectivity index (χ3v) is 6.71. The van der Waals surface area contributed by atoms with Crippen molar-refractivity contribution in [3.05, 3.63) is 63.8 Å². The number of benzene rings is 2. The van der Waals surface area contributed by atoms with Crippen LogP contribution in [0.25, 0.3) is 22.5 Å². The molecule has 180 valence electrons. The molecule has 0 fully saturated rings. The van der Waals surface area contributed by atoms with E-state index < -0.39 is 0 Å². The summed E-state index contributed by atoms with van der Waals surface area (Å²) < 4.78 is 18.7. The summed E-state index contributed by atoms with van der Waals surface area (Å²) in [5.74, 6) is 0.744. The molecule has 1 aliphatic heterocycles. The molecule has 0 spiro atoms. The first-order chi connectivity index (χ1) is 16.3. The van der Waals surface area contributed by atoms with Gasteiger partial charge < -0.3 is 9.84 Å². The summed E-state index contributed by atoms with van der Waals surface area (Å²) in [7, 11) is 0. The van der Waals surface area contributed by atoms with Crippen LogP contribution in [-0.4, -0.2) is 42.3 Å². The Morgan fingerprint density at radius 1 is 1.18 bits per heavy atom. The smallest absolute Gasteiger partial charge is 0.274 e. The van der Waals surface area contributed by atoms with Crippen molar-refractivity contribution in [3.8, 4) is 22.5 Å². The number of hydrogen-bond donors (Lipinski definition) is 1. The summed E-state index contributed by atoms with van der Waals surface area (Å²) in [5, 5.41) is 7.11. The van der Waals surface area contributed by atoms with Crippen LogP contribution in [0.5, 0.6) is 0 Å². The molecule has 6 heteroatoms. The average molecular weight is 464 g/mol. The quantitative estimate of drug-likeness (QED) is 0.479. The van der Waals surface area contributed by atoms with Gasteiger partial charge in [-0.1, -0.05) is 43.3 Å². The van der Waals surface area contributed by atoms with Gasteiger partial charge in [0.1, 0.15) is 6.67 Å². The molecule has 0 aliphatic carbocycles. The lowest BCUT2D eigenvalue weighted by atomic mass is 9.88. The van der Waals surface area contributed by atoms with E-state index in [4.69, 9.17) is 4.52 Å². The van der Waals surface area contributed by atoms with Crippen LogP contribution in [-0.2, 0) is 13.0 Å². The maximum Gasteiger partial charge on any atom is 0.274 e. The molecule has 1 N–H and O–H groups in total. The molecule has 1 aromatic heterocycles. The Balaban J connectivity index is 1.85. The lowest BCUT2D eigenvalue weighted by molar-refractivity contribution is 0.0947. The Kier molecular flexibility index (Phi) is 7.17. The topological polar surface area (TPSA) is 58.4 Å². The maximum atomic E-state index is 12.9. The van der Waals surface area contributed by atoms with E-state index in [2.05, 4.69) is 67.3 Å². The number of aromatic nitrogens is 1. The second kappa shape index (κ2) is 10.1. The van der Waals surface area contributed by atoms with Gasteiger partial charge in [-0.2, -0.15) is 0 Å². The lowest BCUT2D eigenvalue weighted by Gasteiger charge is -2.28. The van der Waals surface area contributed by atoms with Gasteiger partial charge in [-0.05, 0) is 72.6 Å². The monoisotopic (exact) mass is 463 g/mol. The molecule has 5 nitrogen and oxygen atoms in total. The van der Waals surface area contributed by atoms with Gasteiger partial charge in [0.15, 0.2) is 11.5 Å². The molecular weight excluding hydrogens is 429 g/mol. The van der Waals surface area contributed by atoms with Gasteiger partial charge in [-0.15, -0.1) is 0 Å². The molecular formula is C28H34FN3O2. The second-order valence-corrected chi connectivity index (χ2v) is 9.47. The molecule has 1 aliphatic rings. The van der Waals surface area contributed by atoms with Crippen LogP contribution >= 0.6 is 0 Å². The third-order valence-electron chi connectivity index (χ3n) is 6.71. The number of alkyl halides is 1. The molecule has 1 amide bonds. The summed E-state index contributed by atoms with van der Waals surface area (Å²) in [5.41, 5.74) is 8.91. The van der Waals surface area contributed by atoms with Crippen molar-refractivity contribution in [2.45, 2.75) is 53.5 Å². The Bertz CT molecular complexity index is 1200. The van der Waals surface area contributed by atoms with E-state index in [1.54, 1.807) is 0 Å². The predicted octanol–water partition coefficient (Wildman–Crippen LogP) is 5.83. The molecule has 0 bridgehead atoms. The molecule has 2 heterocycles. The van der Waals surface area contributed by atoms with Gasteiger partial charge in [0.05, 0.1) is 5.56 Å². The van der Waals surface area contributed by atoms with Crippen molar-refractivity contribution in [3.63, 3.8) is 0 Å². The van der Waals surface area contributed by atoms with Crippen molar-refractivity contribution in [2.75, 3.05) is 26.3 Å². The zero-order valence-electron chi connectivity index (χ0n) is 20.8. The first kappa shape index (κ1) is 24.1. The van der Waals surface area contributed by atoms with E-state index in [-0.39, 0.29) is 12.6 Å². The van der Waals surface area contributed by atoms with E-state index in [9.17, 15) is 9.18 Å². The molecule has 4 rings (SSSR count). The van der Waals surface area contributed by atoms with Crippen LogP contribution in [0.15, 0.2) is 34.9 Å². The normalized spacial score (nSPS) is 13.9. The number of fused-ring (bicyclic) bond motifs is 1. The molecule has 3 aromatic rings. The fraction of sp³-hybridized carbons (Fsp3) is 0.429. The van der Waals surface area contributed by atoms with E-state index in [1.165, 1.54) is 22.3 Å². The van der Waals surface area contributed by atoms with Crippen molar-refractivity contribution in [2.24, 2.45) is 0 Å². The minimum atomic E-state index is -0.332. The highest BCUT2D eigenvalue weighted by Crippen LogP contribution is 2.39. The largest absolute Gasteiger partial charge is 0.355 e. The SMILES string of the molecule is CCNC(=O)c1noc(-c2cc(C(C)C)c(C)cc2C)c1-c1ccc2c(c1)CCN(CCF)C2. The lowest BCUT2D eigenvalue weighted by Crippen LogP contribution is -2.32. The molecule has 0 saturated heterocycles. The number of hydrogen-bond acceptors (Lipinski definition) is 4. The van der Waals surface area contributed by atoms with Crippen LogP contribution in [0.3, 0.4) is 0 Å². The number of rotatable bonds is 7. The van der Waals surface area contributed by atoms with Gasteiger partial charge in [0.2, 0.25) is 0 Å². The van der Waals surface area contributed by atoms with Gasteiger partial charge in [-0.3, -0.25) is 9.69 Å². The Morgan fingerprint density at radius 3 is 2.68 bits per heavy atom. The average Bonchev–Trinajstić information content (AvgIpc) is 3.24. The molecule has 0 saturated carbocycles. The molecule has 2 aromatic carbocycles. The Labute approximate surface area is 201 Å². The van der Waals surface area contributed by atoms with Gasteiger partial charge >= 0.3 is 0 Å². The van der Waals surface area contributed by atoms with Gasteiger partial charge in [0, 0.05) is 31.7 Å². The zero-order valence-corrected chi connectivity index (χ0v) is 20.8. The van der Waals surface area contributed by atoms with Crippen LogP contribution in [0, 0.1) is 13.8 Å². The van der Waals surface area contributed by atoms with Crippen LogP contribution in [0.1, 0.15) is 65.0 Å².